The molecule has 17 heavy (non-hydrogen) atoms. The van der Waals surface area contributed by atoms with Crippen molar-refractivity contribution in [1.29, 1.82) is 0 Å². The van der Waals surface area contributed by atoms with Gasteiger partial charge in [0.15, 0.2) is 0 Å². The second kappa shape index (κ2) is 4.91. The number of pyridine rings is 1. The topological polar surface area (TPSA) is 39.2 Å². The third-order valence-corrected chi connectivity index (χ3v) is 2.42. The fraction of sp³-hybridized carbons (Fsp3) is 0.231. The van der Waals surface area contributed by atoms with E-state index in [9.17, 15) is 9.18 Å². The maximum atomic E-state index is 12.8. The zero-order valence-electron chi connectivity index (χ0n) is 9.44. The molecule has 2 rings (SSSR count). The number of benzene rings is 1. The van der Waals surface area contributed by atoms with Crippen molar-refractivity contribution >= 4 is 16.9 Å². The highest BCUT2D eigenvalue weighted by atomic mass is 19.1. The van der Waals surface area contributed by atoms with Crippen LogP contribution in [0.2, 0.25) is 0 Å². The zero-order chi connectivity index (χ0) is 12.3. The fourth-order valence-corrected chi connectivity index (χ4v) is 1.64. The molecule has 1 heterocycles. The van der Waals surface area contributed by atoms with Gasteiger partial charge in [-0.25, -0.2) is 14.2 Å². The molecule has 0 atom stereocenters. The number of halogens is 1. The van der Waals surface area contributed by atoms with Gasteiger partial charge in [0.2, 0.25) is 0 Å². The number of esters is 1. The molecule has 0 aliphatic carbocycles. The van der Waals surface area contributed by atoms with Gasteiger partial charge >= 0.3 is 5.97 Å². The summed E-state index contributed by atoms with van der Waals surface area (Å²) in [5.74, 6) is -0.529. The quantitative estimate of drug-likeness (QED) is 0.765. The molecule has 1 aromatic heterocycles. The Morgan fingerprint density at radius 1 is 1.41 bits per heavy atom. The molecule has 0 spiro atoms. The van der Waals surface area contributed by atoms with Crippen molar-refractivity contribution in [3.05, 3.63) is 41.6 Å². The van der Waals surface area contributed by atoms with Crippen LogP contribution in [-0.4, -0.2) is 17.6 Å². The van der Waals surface area contributed by atoms with Gasteiger partial charge in [-0.05, 0) is 19.1 Å². The summed E-state index contributed by atoms with van der Waals surface area (Å²) in [7, 11) is 0. The molecule has 0 N–H and O–H groups in total. The van der Waals surface area contributed by atoms with Gasteiger partial charge in [0.25, 0.3) is 0 Å². The van der Waals surface area contributed by atoms with Crippen molar-refractivity contribution < 1.29 is 13.9 Å². The maximum absolute atomic E-state index is 12.8. The molecule has 0 fully saturated rings. The summed E-state index contributed by atoms with van der Waals surface area (Å²) in [6.07, 6.45) is 0. The van der Waals surface area contributed by atoms with Crippen LogP contribution in [0.15, 0.2) is 30.3 Å². The van der Waals surface area contributed by atoms with Crippen molar-refractivity contribution in [2.45, 2.75) is 13.6 Å². The van der Waals surface area contributed by atoms with Gasteiger partial charge in [-0.2, -0.15) is 0 Å². The number of ether oxygens (including phenoxy) is 1. The molecular formula is C13H12FNO2. The first-order valence-corrected chi connectivity index (χ1v) is 5.38. The number of carbonyl (C=O) groups is 1. The third-order valence-electron chi connectivity index (χ3n) is 2.42. The van der Waals surface area contributed by atoms with Gasteiger partial charge in [-0.1, -0.05) is 18.2 Å². The minimum atomic E-state index is -0.779. The summed E-state index contributed by atoms with van der Waals surface area (Å²) in [5.41, 5.74) is 1.00. The lowest BCUT2D eigenvalue weighted by molar-refractivity contribution is 0.0523. The lowest BCUT2D eigenvalue weighted by Gasteiger charge is -2.07. The molecule has 88 valence electrons. The molecule has 0 saturated carbocycles. The number of carbonyl (C=O) groups excluding carboxylic acids is 1. The SMILES string of the molecule is CCOC(=O)c1cc2ccccc2nc1CF. The lowest BCUT2D eigenvalue weighted by atomic mass is 10.1. The van der Waals surface area contributed by atoms with E-state index < -0.39 is 12.6 Å². The first-order chi connectivity index (χ1) is 8.26. The molecule has 1 aromatic carbocycles. The summed E-state index contributed by atoms with van der Waals surface area (Å²) < 4.78 is 17.7. The third kappa shape index (κ3) is 2.25. The van der Waals surface area contributed by atoms with Crippen LogP contribution in [0.25, 0.3) is 10.9 Å². The summed E-state index contributed by atoms with van der Waals surface area (Å²) in [5, 5.41) is 0.799. The predicted molar refractivity (Wildman–Crippen MR) is 62.5 cm³/mol. The minimum Gasteiger partial charge on any atom is -0.462 e. The van der Waals surface area contributed by atoms with E-state index in [1.807, 2.05) is 18.2 Å². The molecule has 2 aromatic rings. The van der Waals surface area contributed by atoms with E-state index in [-0.39, 0.29) is 17.9 Å². The summed E-state index contributed by atoms with van der Waals surface area (Å²) in [6.45, 7) is 1.19. The van der Waals surface area contributed by atoms with Crippen LogP contribution in [0.4, 0.5) is 4.39 Å². The lowest BCUT2D eigenvalue weighted by Crippen LogP contribution is -2.09. The van der Waals surface area contributed by atoms with E-state index in [0.29, 0.717) is 5.52 Å². The van der Waals surface area contributed by atoms with E-state index in [1.54, 1.807) is 19.1 Å². The molecule has 4 heteroatoms. The Hall–Kier alpha value is -1.97. The molecule has 0 amide bonds. The Labute approximate surface area is 98.2 Å². The molecule has 0 saturated heterocycles. The molecular weight excluding hydrogens is 221 g/mol. The Kier molecular flexibility index (Phi) is 3.32. The van der Waals surface area contributed by atoms with Crippen molar-refractivity contribution in [3.8, 4) is 0 Å². The number of aromatic nitrogens is 1. The molecule has 0 radical (unpaired) electrons. The second-order valence-electron chi connectivity index (χ2n) is 3.53. The molecule has 0 unspecified atom stereocenters. The van der Waals surface area contributed by atoms with Crippen LogP contribution in [0, 0.1) is 0 Å². The highest BCUT2D eigenvalue weighted by Crippen LogP contribution is 2.18. The normalized spacial score (nSPS) is 10.5. The van der Waals surface area contributed by atoms with Crippen molar-refractivity contribution in [2.24, 2.45) is 0 Å². The zero-order valence-corrected chi connectivity index (χ0v) is 9.44. The minimum absolute atomic E-state index is 0.127. The largest absolute Gasteiger partial charge is 0.462 e. The first kappa shape index (κ1) is 11.5. The van der Waals surface area contributed by atoms with Crippen LogP contribution >= 0.6 is 0 Å². The Morgan fingerprint density at radius 2 is 2.18 bits per heavy atom. The van der Waals surface area contributed by atoms with Gasteiger partial charge in [-0.3, -0.25) is 0 Å². The summed E-state index contributed by atoms with van der Waals surface area (Å²) in [6, 6.07) is 8.89. The molecule has 3 nitrogen and oxygen atoms in total. The van der Waals surface area contributed by atoms with Gasteiger partial charge in [0.05, 0.1) is 23.4 Å². The molecule has 0 bridgehead atoms. The highest BCUT2D eigenvalue weighted by molar-refractivity contribution is 5.95. The maximum Gasteiger partial charge on any atom is 0.340 e. The fourth-order valence-electron chi connectivity index (χ4n) is 1.64. The molecule has 0 aliphatic rings. The summed E-state index contributed by atoms with van der Waals surface area (Å²) in [4.78, 5) is 15.8. The number of para-hydroxylation sites is 1. The number of alkyl halides is 1. The highest BCUT2D eigenvalue weighted by Gasteiger charge is 2.14. The Bertz CT molecular complexity index is 554. The Balaban J connectivity index is 2.56. The summed E-state index contributed by atoms with van der Waals surface area (Å²) >= 11 is 0. The van der Waals surface area contributed by atoms with Crippen LogP contribution < -0.4 is 0 Å². The average Bonchev–Trinajstić information content (AvgIpc) is 2.37. The standard InChI is InChI=1S/C13H12FNO2/c1-2-17-13(16)10-7-9-5-3-4-6-11(9)15-12(10)8-14/h3-7H,2,8H2,1H3. The van der Waals surface area contributed by atoms with Crippen molar-refractivity contribution in [2.75, 3.05) is 6.61 Å². The Morgan fingerprint density at radius 3 is 2.88 bits per heavy atom. The number of nitrogens with zero attached hydrogens (tertiary/aromatic N) is 1. The van der Waals surface area contributed by atoms with E-state index in [2.05, 4.69) is 4.98 Å². The van der Waals surface area contributed by atoms with Crippen LogP contribution in [0.3, 0.4) is 0 Å². The van der Waals surface area contributed by atoms with E-state index in [1.165, 1.54) is 0 Å². The average molecular weight is 233 g/mol. The van der Waals surface area contributed by atoms with Gasteiger partial charge in [0, 0.05) is 5.39 Å². The second-order valence-corrected chi connectivity index (χ2v) is 3.53. The van der Waals surface area contributed by atoms with Crippen molar-refractivity contribution in [1.82, 2.24) is 4.98 Å². The van der Waals surface area contributed by atoms with Crippen LogP contribution in [0.1, 0.15) is 23.0 Å². The van der Waals surface area contributed by atoms with Crippen LogP contribution in [-0.2, 0) is 11.4 Å². The first-order valence-electron chi connectivity index (χ1n) is 5.38. The van der Waals surface area contributed by atoms with E-state index in [4.69, 9.17) is 4.74 Å². The van der Waals surface area contributed by atoms with E-state index in [0.717, 1.165) is 5.39 Å². The predicted octanol–water partition coefficient (Wildman–Crippen LogP) is 2.88. The monoisotopic (exact) mass is 233 g/mol. The van der Waals surface area contributed by atoms with Gasteiger partial charge < -0.3 is 4.74 Å². The number of hydrogen-bond donors (Lipinski definition) is 0. The van der Waals surface area contributed by atoms with Crippen LogP contribution in [0.5, 0.6) is 0 Å². The number of fused-ring (bicyclic) bond motifs is 1. The smallest absolute Gasteiger partial charge is 0.340 e. The van der Waals surface area contributed by atoms with Crippen molar-refractivity contribution in [3.63, 3.8) is 0 Å². The number of rotatable bonds is 3. The molecule has 0 aliphatic heterocycles. The van der Waals surface area contributed by atoms with Gasteiger partial charge in [-0.15, -0.1) is 0 Å². The number of hydrogen-bond acceptors (Lipinski definition) is 3. The van der Waals surface area contributed by atoms with E-state index >= 15 is 0 Å². The van der Waals surface area contributed by atoms with Gasteiger partial charge in [0.1, 0.15) is 6.67 Å².